The molecule has 2 N–H and O–H groups in total. The lowest BCUT2D eigenvalue weighted by atomic mass is 10.2. The molecule has 7 nitrogen and oxygen atoms in total. The zero-order valence-corrected chi connectivity index (χ0v) is 16.1. The van der Waals surface area contributed by atoms with Crippen molar-refractivity contribution in [2.45, 2.75) is 4.21 Å². The highest BCUT2D eigenvalue weighted by molar-refractivity contribution is 7.94. The van der Waals surface area contributed by atoms with Gasteiger partial charge in [-0.05, 0) is 41.8 Å². The molecule has 0 fully saturated rings. The molecule has 0 saturated heterocycles. The van der Waals surface area contributed by atoms with Gasteiger partial charge in [0.1, 0.15) is 15.2 Å². The zero-order chi connectivity index (χ0) is 18.9. The minimum absolute atomic E-state index is 0.208. The number of anilines is 2. The van der Waals surface area contributed by atoms with Crippen LogP contribution in [0.2, 0.25) is 0 Å². The molecule has 1 amide bonds. The van der Waals surface area contributed by atoms with Gasteiger partial charge in [-0.3, -0.25) is 9.52 Å². The van der Waals surface area contributed by atoms with Crippen LogP contribution in [0, 0.1) is 0 Å². The fourth-order valence-corrected chi connectivity index (χ4v) is 5.04. The van der Waals surface area contributed by atoms with Gasteiger partial charge in [-0.1, -0.05) is 18.2 Å². The third kappa shape index (κ3) is 3.68. The third-order valence-electron chi connectivity index (χ3n) is 3.67. The maximum Gasteiger partial charge on any atom is 0.271 e. The van der Waals surface area contributed by atoms with Crippen LogP contribution in [0.15, 0.2) is 64.2 Å². The Morgan fingerprint density at radius 3 is 2.67 bits per heavy atom. The monoisotopic (exact) mass is 416 g/mol. The topological polar surface area (TPSA) is 101 Å². The number of carbonyl (C=O) groups is 1. The van der Waals surface area contributed by atoms with E-state index in [1.54, 1.807) is 41.8 Å². The number of nitrogens with zero attached hydrogens (tertiary/aromatic N) is 2. The largest absolute Gasteiger partial charge is 0.320 e. The number of amides is 1. The number of sulfonamides is 1. The molecular weight excluding hydrogens is 404 g/mol. The molecule has 2 aromatic heterocycles. The van der Waals surface area contributed by atoms with E-state index in [0.29, 0.717) is 28.0 Å². The molecule has 4 rings (SSSR count). The van der Waals surface area contributed by atoms with E-state index in [9.17, 15) is 13.2 Å². The summed E-state index contributed by atoms with van der Waals surface area (Å²) >= 11 is 2.19. The first-order chi connectivity index (χ1) is 13.0. The van der Waals surface area contributed by atoms with Gasteiger partial charge in [0, 0.05) is 11.3 Å². The lowest BCUT2D eigenvalue weighted by molar-refractivity contribution is 0.102. The van der Waals surface area contributed by atoms with Gasteiger partial charge in [0.05, 0.1) is 17.4 Å². The number of aromatic nitrogens is 2. The lowest BCUT2D eigenvalue weighted by Crippen LogP contribution is -2.14. The molecule has 4 aromatic rings. The average Bonchev–Trinajstić information content (AvgIpc) is 3.34. The number of hydrogen-bond acceptors (Lipinski definition) is 7. The second kappa shape index (κ2) is 7.06. The minimum Gasteiger partial charge on any atom is -0.320 e. The van der Waals surface area contributed by atoms with Crippen LogP contribution in [-0.4, -0.2) is 23.1 Å². The Kier molecular flexibility index (Phi) is 4.60. The Morgan fingerprint density at radius 1 is 1.00 bits per heavy atom. The molecule has 0 spiro atoms. The molecule has 10 heteroatoms. The molecule has 0 aliphatic heterocycles. The predicted octanol–water partition coefficient (Wildman–Crippen LogP) is 3.81. The smallest absolute Gasteiger partial charge is 0.271 e. The Labute approximate surface area is 163 Å². The fraction of sp³-hybridized carbons (Fsp3) is 0. The van der Waals surface area contributed by atoms with Crippen molar-refractivity contribution in [3.05, 3.63) is 65.5 Å². The number of nitrogens with one attached hydrogen (secondary N) is 2. The minimum atomic E-state index is -3.67. The molecule has 0 unspecified atom stereocenters. The van der Waals surface area contributed by atoms with Crippen molar-refractivity contribution in [1.29, 1.82) is 0 Å². The second-order valence-electron chi connectivity index (χ2n) is 5.51. The fourth-order valence-electron chi connectivity index (χ4n) is 2.45. The molecule has 136 valence electrons. The number of benzene rings is 2. The van der Waals surface area contributed by atoms with E-state index in [-0.39, 0.29) is 10.1 Å². The van der Waals surface area contributed by atoms with Crippen molar-refractivity contribution in [1.82, 2.24) is 8.75 Å². The zero-order valence-electron chi connectivity index (χ0n) is 13.6. The van der Waals surface area contributed by atoms with Gasteiger partial charge >= 0.3 is 0 Å². The van der Waals surface area contributed by atoms with Crippen LogP contribution in [0.5, 0.6) is 0 Å². The van der Waals surface area contributed by atoms with Crippen LogP contribution in [0.25, 0.3) is 11.0 Å². The SMILES string of the molecule is O=C(Nc1cccc2nsnc12)c1cccc(NS(=O)(=O)c2cccs2)c1. The first-order valence-electron chi connectivity index (χ1n) is 7.72. The van der Waals surface area contributed by atoms with Crippen molar-refractivity contribution in [3.63, 3.8) is 0 Å². The summed E-state index contributed by atoms with van der Waals surface area (Å²) < 4.78 is 35.7. The molecule has 0 saturated carbocycles. The van der Waals surface area contributed by atoms with Crippen LogP contribution >= 0.6 is 23.1 Å². The number of carbonyl (C=O) groups excluding carboxylic acids is 1. The Hall–Kier alpha value is -2.82. The van der Waals surface area contributed by atoms with Crippen LogP contribution < -0.4 is 10.0 Å². The summed E-state index contributed by atoms with van der Waals surface area (Å²) in [6.45, 7) is 0. The van der Waals surface area contributed by atoms with Gasteiger partial charge in [-0.25, -0.2) is 8.42 Å². The quantitative estimate of drug-likeness (QED) is 0.515. The van der Waals surface area contributed by atoms with Crippen molar-refractivity contribution in [2.24, 2.45) is 0 Å². The summed E-state index contributed by atoms with van der Waals surface area (Å²) in [4.78, 5) is 12.6. The molecule has 0 bridgehead atoms. The third-order valence-corrected chi connectivity index (χ3v) is 6.99. The molecule has 2 aromatic carbocycles. The molecule has 0 aliphatic carbocycles. The molecule has 27 heavy (non-hydrogen) atoms. The Balaban J connectivity index is 1.57. The van der Waals surface area contributed by atoms with E-state index < -0.39 is 10.0 Å². The standard InChI is InChI=1S/C17H12N4O3S3/c22-17(18-13-6-2-7-14-16(13)20-26-19-14)11-4-1-5-12(10-11)21-27(23,24)15-8-3-9-25-15/h1-10,21H,(H,18,22). The van der Waals surface area contributed by atoms with E-state index in [2.05, 4.69) is 18.8 Å². The van der Waals surface area contributed by atoms with Crippen LogP contribution in [0.4, 0.5) is 11.4 Å². The average molecular weight is 417 g/mol. The highest BCUT2D eigenvalue weighted by atomic mass is 32.2. The van der Waals surface area contributed by atoms with E-state index in [0.717, 1.165) is 23.1 Å². The summed E-state index contributed by atoms with van der Waals surface area (Å²) in [5.41, 5.74) is 2.50. The van der Waals surface area contributed by atoms with Crippen LogP contribution in [0.3, 0.4) is 0 Å². The summed E-state index contributed by atoms with van der Waals surface area (Å²) in [5, 5.41) is 4.48. The number of hydrogen-bond donors (Lipinski definition) is 2. The summed E-state index contributed by atoms with van der Waals surface area (Å²) in [5.74, 6) is -0.368. The number of rotatable bonds is 5. The summed E-state index contributed by atoms with van der Waals surface area (Å²) in [6.07, 6.45) is 0. The van der Waals surface area contributed by atoms with Gasteiger partial charge in [0.25, 0.3) is 15.9 Å². The van der Waals surface area contributed by atoms with Crippen LogP contribution in [-0.2, 0) is 10.0 Å². The van der Waals surface area contributed by atoms with Gasteiger partial charge in [-0.2, -0.15) is 8.75 Å². The van der Waals surface area contributed by atoms with Gasteiger partial charge < -0.3 is 5.32 Å². The Morgan fingerprint density at radius 2 is 1.85 bits per heavy atom. The highest BCUT2D eigenvalue weighted by Crippen LogP contribution is 2.23. The number of fused-ring (bicyclic) bond motifs is 1. The predicted molar refractivity (Wildman–Crippen MR) is 107 cm³/mol. The first kappa shape index (κ1) is 17.6. The van der Waals surface area contributed by atoms with Crippen molar-refractivity contribution in [3.8, 4) is 0 Å². The van der Waals surface area contributed by atoms with E-state index in [4.69, 9.17) is 0 Å². The second-order valence-corrected chi connectivity index (χ2v) is 8.90. The number of thiophene rings is 1. The van der Waals surface area contributed by atoms with Gasteiger partial charge in [0.2, 0.25) is 0 Å². The van der Waals surface area contributed by atoms with E-state index in [1.165, 1.54) is 12.1 Å². The molecular formula is C17H12N4O3S3. The Bertz CT molecular complexity index is 1220. The molecule has 2 heterocycles. The van der Waals surface area contributed by atoms with Crippen LogP contribution in [0.1, 0.15) is 10.4 Å². The molecule has 0 atom stereocenters. The van der Waals surface area contributed by atoms with E-state index >= 15 is 0 Å². The van der Waals surface area contributed by atoms with Crippen molar-refractivity contribution < 1.29 is 13.2 Å². The maximum atomic E-state index is 12.6. The summed E-state index contributed by atoms with van der Waals surface area (Å²) in [6, 6.07) is 14.8. The van der Waals surface area contributed by atoms with Crippen molar-refractivity contribution in [2.75, 3.05) is 10.0 Å². The first-order valence-corrected chi connectivity index (χ1v) is 10.8. The summed E-state index contributed by atoms with van der Waals surface area (Å²) in [7, 11) is -3.67. The van der Waals surface area contributed by atoms with E-state index in [1.807, 2.05) is 6.07 Å². The van der Waals surface area contributed by atoms with Gasteiger partial charge in [-0.15, -0.1) is 11.3 Å². The molecule has 0 aliphatic rings. The molecule has 0 radical (unpaired) electrons. The normalized spacial score (nSPS) is 11.4. The maximum absolute atomic E-state index is 12.6. The van der Waals surface area contributed by atoms with Gasteiger partial charge in [0.15, 0.2) is 0 Å². The highest BCUT2D eigenvalue weighted by Gasteiger charge is 2.16. The van der Waals surface area contributed by atoms with Crippen molar-refractivity contribution >= 4 is 61.4 Å². The lowest BCUT2D eigenvalue weighted by Gasteiger charge is -2.09.